The van der Waals surface area contributed by atoms with Crippen LogP contribution in [-0.4, -0.2) is 27.4 Å². The molecule has 0 saturated heterocycles. The first-order chi connectivity index (χ1) is 12.5. The highest BCUT2D eigenvalue weighted by atomic mass is 32.2. The van der Waals surface area contributed by atoms with Crippen molar-refractivity contribution in [3.05, 3.63) is 54.6 Å². The second-order valence-corrected chi connectivity index (χ2v) is 7.80. The van der Waals surface area contributed by atoms with E-state index in [0.717, 1.165) is 33.5 Å². The molecule has 0 saturated carbocycles. The minimum absolute atomic E-state index is 0.0138. The highest BCUT2D eigenvalue weighted by Gasteiger charge is 2.18. The Morgan fingerprint density at radius 2 is 1.65 bits per heavy atom. The molecule has 0 aliphatic heterocycles. The van der Waals surface area contributed by atoms with Gasteiger partial charge >= 0.3 is 0 Å². The summed E-state index contributed by atoms with van der Waals surface area (Å²) in [7, 11) is 0. The average molecular weight is 366 g/mol. The number of fused-ring (bicyclic) bond motifs is 1. The number of carbonyl (C=O) groups is 1. The third-order valence-corrected chi connectivity index (χ3v) is 5.38. The molecule has 2 aromatic carbocycles. The van der Waals surface area contributed by atoms with E-state index >= 15 is 0 Å². The number of nitrogens with one attached hydrogen (secondary N) is 1. The third-order valence-electron chi connectivity index (χ3n) is 4.40. The normalized spacial score (nSPS) is 11.5. The Morgan fingerprint density at radius 1 is 1.00 bits per heavy atom. The number of nitrogens with zero attached hydrogens (tertiary/aromatic N) is 2. The van der Waals surface area contributed by atoms with Gasteiger partial charge in [-0.2, -0.15) is 0 Å². The molecule has 0 fully saturated rings. The summed E-state index contributed by atoms with van der Waals surface area (Å²) in [5.74, 6) is 0.340. The van der Waals surface area contributed by atoms with Gasteiger partial charge in [0.25, 0.3) is 0 Å². The van der Waals surface area contributed by atoms with Crippen LogP contribution in [0.4, 0.5) is 0 Å². The first-order valence-electron chi connectivity index (χ1n) is 8.75. The van der Waals surface area contributed by atoms with Crippen LogP contribution in [0, 0.1) is 0 Å². The van der Waals surface area contributed by atoms with Gasteiger partial charge < -0.3 is 5.32 Å². The third kappa shape index (κ3) is 4.22. The first kappa shape index (κ1) is 18.4. The van der Waals surface area contributed by atoms with Gasteiger partial charge in [-0.15, -0.1) is 10.2 Å². The molecule has 26 heavy (non-hydrogen) atoms. The molecule has 0 spiro atoms. The number of carbonyl (C=O) groups excluding carboxylic acids is 1. The molecular weight excluding hydrogens is 342 g/mol. The number of hydrogen-bond donors (Lipinski definition) is 1. The van der Waals surface area contributed by atoms with E-state index in [-0.39, 0.29) is 11.4 Å². The van der Waals surface area contributed by atoms with Crippen LogP contribution in [0.15, 0.2) is 59.6 Å². The number of amides is 1. The second kappa shape index (κ2) is 7.87. The minimum atomic E-state index is -0.192. The van der Waals surface area contributed by atoms with Crippen molar-refractivity contribution in [3.8, 4) is 11.3 Å². The summed E-state index contributed by atoms with van der Waals surface area (Å²) in [6.45, 7) is 6.12. The van der Waals surface area contributed by atoms with Gasteiger partial charge in [0.05, 0.1) is 5.75 Å². The van der Waals surface area contributed by atoms with E-state index in [9.17, 15) is 4.79 Å². The fraction of sp³-hybridized carbons (Fsp3) is 0.286. The molecule has 0 radical (unpaired) electrons. The van der Waals surface area contributed by atoms with Crippen molar-refractivity contribution in [2.45, 2.75) is 37.8 Å². The van der Waals surface area contributed by atoms with Gasteiger partial charge in [-0.3, -0.25) is 4.79 Å². The number of thioether (sulfide) groups is 1. The van der Waals surface area contributed by atoms with Gasteiger partial charge in [0, 0.05) is 21.9 Å². The van der Waals surface area contributed by atoms with Crippen LogP contribution >= 0.6 is 11.8 Å². The fourth-order valence-electron chi connectivity index (χ4n) is 2.63. The van der Waals surface area contributed by atoms with Crippen LogP contribution in [0.3, 0.4) is 0 Å². The molecule has 1 heterocycles. The first-order valence-corrected chi connectivity index (χ1v) is 9.73. The van der Waals surface area contributed by atoms with Crippen LogP contribution in [0.2, 0.25) is 0 Å². The summed E-state index contributed by atoms with van der Waals surface area (Å²) in [5, 5.41) is 14.8. The van der Waals surface area contributed by atoms with Crippen LogP contribution < -0.4 is 5.32 Å². The Balaban J connectivity index is 1.86. The topological polar surface area (TPSA) is 54.9 Å². The van der Waals surface area contributed by atoms with E-state index in [0.29, 0.717) is 5.75 Å². The summed E-state index contributed by atoms with van der Waals surface area (Å²) in [6.07, 6.45) is 0.887. The molecule has 4 nitrogen and oxygen atoms in total. The second-order valence-electron chi connectivity index (χ2n) is 6.84. The molecule has 0 aliphatic carbocycles. The molecule has 0 unspecified atom stereocenters. The molecule has 1 amide bonds. The maximum atomic E-state index is 12.2. The number of hydrogen-bond acceptors (Lipinski definition) is 4. The van der Waals surface area contributed by atoms with Crippen molar-refractivity contribution < 1.29 is 4.79 Å². The predicted molar refractivity (Wildman–Crippen MR) is 108 cm³/mol. The maximum Gasteiger partial charge on any atom is 0.230 e. The lowest BCUT2D eigenvalue weighted by Gasteiger charge is -2.24. The molecule has 3 rings (SSSR count). The van der Waals surface area contributed by atoms with E-state index < -0.39 is 0 Å². The van der Waals surface area contributed by atoms with Crippen LogP contribution in [0.5, 0.6) is 0 Å². The Morgan fingerprint density at radius 3 is 2.35 bits per heavy atom. The monoisotopic (exact) mass is 365 g/mol. The SMILES string of the molecule is CCC(C)(C)NC(=O)CSc1nnc(-c2ccccc2)c2ccccc12. The van der Waals surface area contributed by atoms with Gasteiger partial charge in [-0.1, -0.05) is 73.3 Å². The Labute approximate surface area is 158 Å². The molecule has 0 aliphatic rings. The zero-order valence-corrected chi connectivity index (χ0v) is 16.1. The van der Waals surface area contributed by atoms with Crippen molar-refractivity contribution in [1.29, 1.82) is 0 Å². The van der Waals surface area contributed by atoms with Crippen LogP contribution in [0.1, 0.15) is 27.2 Å². The zero-order chi connectivity index (χ0) is 18.6. The molecule has 1 aromatic heterocycles. The smallest absolute Gasteiger partial charge is 0.230 e. The summed E-state index contributed by atoms with van der Waals surface area (Å²) < 4.78 is 0. The maximum absolute atomic E-state index is 12.2. The van der Waals surface area contributed by atoms with Gasteiger partial charge in [-0.25, -0.2) is 0 Å². The summed E-state index contributed by atoms with van der Waals surface area (Å²) in [6, 6.07) is 18.1. The summed E-state index contributed by atoms with van der Waals surface area (Å²) in [4.78, 5) is 12.2. The summed E-state index contributed by atoms with van der Waals surface area (Å²) in [5.41, 5.74) is 1.71. The van der Waals surface area contributed by atoms with E-state index in [4.69, 9.17) is 0 Å². The van der Waals surface area contributed by atoms with Crippen molar-refractivity contribution in [3.63, 3.8) is 0 Å². The molecule has 0 atom stereocenters. The van der Waals surface area contributed by atoms with E-state index in [1.807, 2.05) is 62.4 Å². The molecule has 134 valence electrons. The predicted octanol–water partition coefficient (Wildman–Crippen LogP) is 4.69. The molecule has 1 N–H and O–H groups in total. The van der Waals surface area contributed by atoms with Crippen LogP contribution in [0.25, 0.3) is 22.0 Å². The van der Waals surface area contributed by atoms with Crippen molar-refractivity contribution in [2.75, 3.05) is 5.75 Å². The Hall–Kier alpha value is -2.40. The lowest BCUT2D eigenvalue weighted by Crippen LogP contribution is -2.43. The Kier molecular flexibility index (Phi) is 5.57. The average Bonchev–Trinajstić information content (AvgIpc) is 2.66. The van der Waals surface area contributed by atoms with E-state index in [1.165, 1.54) is 11.8 Å². The standard InChI is InChI=1S/C21H23N3OS/c1-4-21(2,3)22-18(25)14-26-20-17-13-9-8-12-16(17)19(23-24-20)15-10-6-5-7-11-15/h5-13H,4,14H2,1-3H3,(H,22,25). The number of rotatable bonds is 6. The lowest BCUT2D eigenvalue weighted by molar-refractivity contribution is -0.120. The molecule has 3 aromatic rings. The highest BCUT2D eigenvalue weighted by Crippen LogP contribution is 2.31. The van der Waals surface area contributed by atoms with E-state index in [2.05, 4.69) is 28.5 Å². The number of benzene rings is 2. The lowest BCUT2D eigenvalue weighted by atomic mass is 10.0. The summed E-state index contributed by atoms with van der Waals surface area (Å²) >= 11 is 1.43. The molecule has 5 heteroatoms. The van der Waals surface area contributed by atoms with Gasteiger partial charge in [0.2, 0.25) is 5.91 Å². The van der Waals surface area contributed by atoms with Crippen LogP contribution in [-0.2, 0) is 4.79 Å². The van der Waals surface area contributed by atoms with Crippen molar-refractivity contribution in [2.24, 2.45) is 0 Å². The quantitative estimate of drug-likeness (QED) is 0.644. The van der Waals surface area contributed by atoms with Crippen molar-refractivity contribution in [1.82, 2.24) is 15.5 Å². The fourth-order valence-corrected chi connectivity index (χ4v) is 3.40. The van der Waals surface area contributed by atoms with Crippen molar-refractivity contribution >= 4 is 28.4 Å². The van der Waals surface area contributed by atoms with Gasteiger partial charge in [-0.05, 0) is 20.3 Å². The molecular formula is C21H23N3OS. The Bertz CT molecular complexity index is 910. The largest absolute Gasteiger partial charge is 0.351 e. The van der Waals surface area contributed by atoms with E-state index in [1.54, 1.807) is 0 Å². The van der Waals surface area contributed by atoms with Gasteiger partial charge in [0.1, 0.15) is 10.7 Å². The minimum Gasteiger partial charge on any atom is -0.351 e. The number of aromatic nitrogens is 2. The zero-order valence-electron chi connectivity index (χ0n) is 15.3. The van der Waals surface area contributed by atoms with Gasteiger partial charge in [0.15, 0.2) is 0 Å². The molecule has 0 bridgehead atoms. The highest BCUT2D eigenvalue weighted by molar-refractivity contribution is 8.00.